The van der Waals surface area contributed by atoms with Crippen LogP contribution in [-0.4, -0.2) is 80.0 Å². The second-order valence-electron chi connectivity index (χ2n) is 11.8. The van der Waals surface area contributed by atoms with Gasteiger partial charge < -0.3 is 41.0 Å². The van der Waals surface area contributed by atoms with E-state index in [0.717, 1.165) is 34.8 Å². The Morgan fingerprint density at radius 1 is 0.839 bits per heavy atom. The van der Waals surface area contributed by atoms with Crippen LogP contribution in [0.1, 0.15) is 18.4 Å². The highest BCUT2D eigenvalue weighted by molar-refractivity contribution is 7.80. The molecule has 14 nitrogen and oxygen atoms in total. The van der Waals surface area contributed by atoms with Gasteiger partial charge in [0, 0.05) is 76.7 Å². The van der Waals surface area contributed by atoms with Crippen molar-refractivity contribution in [3.8, 4) is 22.0 Å². The molecule has 0 bridgehead atoms. The molecule has 0 radical (unpaired) electrons. The molecule has 4 aromatic heterocycles. The van der Waals surface area contributed by atoms with Gasteiger partial charge in [-0.3, -0.25) is 0 Å². The number of nitrogens with one attached hydrogen (secondary N) is 4. The number of nitrogens with zero attached hydrogens (tertiary/aromatic N) is 7. The Kier molecular flexibility index (Phi) is 15.5. The van der Waals surface area contributed by atoms with Crippen LogP contribution in [0, 0.1) is 11.6 Å². The zero-order valence-electron chi connectivity index (χ0n) is 30.4. The van der Waals surface area contributed by atoms with Gasteiger partial charge in [0.1, 0.15) is 33.3 Å². The number of thiocarbonyl (C=S) groups is 1. The topological polar surface area (TPSA) is 175 Å². The van der Waals surface area contributed by atoms with E-state index in [0.29, 0.717) is 66.8 Å². The minimum atomic E-state index is -0.493. The van der Waals surface area contributed by atoms with E-state index in [1.54, 1.807) is 39.0 Å². The molecule has 0 saturated carbocycles. The summed E-state index contributed by atoms with van der Waals surface area (Å²) in [5, 5.41) is 15.3. The molecule has 294 valence electrons. The molecule has 56 heavy (non-hydrogen) atoms. The number of aryl methyl sites for hydroxylation is 1. The highest BCUT2D eigenvalue weighted by Crippen LogP contribution is 2.33. The van der Waals surface area contributed by atoms with Gasteiger partial charge in [-0.05, 0) is 49.2 Å². The Balaban J connectivity index is 0.000000224. The quantitative estimate of drug-likeness (QED) is 0.0440. The molecule has 20 heteroatoms. The molecular weight excluding hydrogens is 806 g/mol. The number of methoxy groups -OCH3 is 2. The first-order valence-corrected chi connectivity index (χ1v) is 19.0. The van der Waals surface area contributed by atoms with Crippen LogP contribution in [0.5, 0.6) is 0 Å². The number of halogens is 4. The smallest absolute Gasteiger partial charge is 0.229 e. The first kappa shape index (κ1) is 42.0. The van der Waals surface area contributed by atoms with E-state index in [4.69, 9.17) is 55.6 Å². The van der Waals surface area contributed by atoms with Crippen LogP contribution in [0.2, 0.25) is 10.0 Å². The maximum absolute atomic E-state index is 13.5. The highest BCUT2D eigenvalue weighted by Gasteiger charge is 2.16. The fourth-order valence-corrected chi connectivity index (χ4v) is 6.20. The van der Waals surface area contributed by atoms with Crippen LogP contribution >= 0.6 is 46.8 Å². The summed E-state index contributed by atoms with van der Waals surface area (Å²) in [5.41, 5.74) is 9.93. The summed E-state index contributed by atoms with van der Waals surface area (Å²) < 4.78 is 38.7. The molecule has 0 atom stereocenters. The summed E-state index contributed by atoms with van der Waals surface area (Å²) in [6.07, 6.45) is 8.37. The summed E-state index contributed by atoms with van der Waals surface area (Å²) in [4.78, 5) is 26.7. The number of imidazole rings is 1. The van der Waals surface area contributed by atoms with Crippen molar-refractivity contribution in [3.05, 3.63) is 93.9 Å². The van der Waals surface area contributed by atoms with E-state index in [2.05, 4.69) is 46.2 Å². The number of nitrogens with two attached hydrogens (primary N) is 1. The van der Waals surface area contributed by atoms with Crippen molar-refractivity contribution >= 4 is 86.7 Å². The molecule has 0 fully saturated rings. The third kappa shape index (κ3) is 11.7. The standard InChI is InChI=1S/C21H21ClFN7OS.C15H17ClFN5OS/c1-30-12-24-10-18(30)17-11-32-20(28-17)14-9-26-21(29-19(14)25-6-3-7-31-2)27-13-4-5-16(23)15(22)8-13;1-23-6-2-5-19-14-10(13(18)24)8-20-15(22-14)21-9-3-4-12(17)11(16)7-9/h4-5,8-12H,3,6-7H2,1-2H3,(H2,25,26,27,29);3-4,7-8H,2,5-6H2,1H3,(H2,18,24)(H2,19,20,21,22). The average Bonchev–Trinajstić information content (AvgIpc) is 3.84. The van der Waals surface area contributed by atoms with Crippen molar-refractivity contribution in [1.29, 1.82) is 0 Å². The van der Waals surface area contributed by atoms with Crippen LogP contribution < -0.4 is 27.0 Å². The highest BCUT2D eigenvalue weighted by atomic mass is 35.5. The van der Waals surface area contributed by atoms with E-state index >= 15 is 0 Å². The van der Waals surface area contributed by atoms with E-state index in [1.807, 2.05) is 17.0 Å². The molecule has 0 aliphatic carbocycles. The van der Waals surface area contributed by atoms with E-state index < -0.39 is 11.6 Å². The second-order valence-corrected chi connectivity index (χ2v) is 13.9. The van der Waals surface area contributed by atoms with Gasteiger partial charge in [0.2, 0.25) is 11.9 Å². The van der Waals surface area contributed by atoms with Gasteiger partial charge >= 0.3 is 0 Å². The summed E-state index contributed by atoms with van der Waals surface area (Å²) in [6, 6.07) is 8.60. The number of rotatable bonds is 17. The monoisotopic (exact) mass is 842 g/mol. The lowest BCUT2D eigenvalue weighted by Crippen LogP contribution is -2.17. The Bertz CT molecular complexity index is 2240. The zero-order valence-corrected chi connectivity index (χ0v) is 33.6. The molecule has 4 heterocycles. The van der Waals surface area contributed by atoms with Gasteiger partial charge in [0.05, 0.1) is 45.1 Å². The van der Waals surface area contributed by atoms with Gasteiger partial charge in [-0.1, -0.05) is 35.4 Å². The molecular formula is C36H38Cl2F2N12O2S2. The number of aromatic nitrogens is 7. The third-order valence-electron chi connectivity index (χ3n) is 7.64. The van der Waals surface area contributed by atoms with Crippen molar-refractivity contribution in [1.82, 2.24) is 34.5 Å². The Labute approximate surface area is 341 Å². The van der Waals surface area contributed by atoms with Crippen LogP contribution in [0.4, 0.5) is 43.7 Å². The normalized spacial score (nSPS) is 10.8. The molecule has 0 saturated heterocycles. The maximum atomic E-state index is 13.5. The van der Waals surface area contributed by atoms with Crippen molar-refractivity contribution in [2.75, 3.05) is 61.8 Å². The van der Waals surface area contributed by atoms with Crippen LogP contribution in [0.3, 0.4) is 0 Å². The number of anilines is 6. The number of hydrogen-bond acceptors (Lipinski definition) is 14. The fraction of sp³-hybridized carbons (Fsp3) is 0.250. The first-order chi connectivity index (χ1) is 27.1. The lowest BCUT2D eigenvalue weighted by Gasteiger charge is -2.12. The lowest BCUT2D eigenvalue weighted by molar-refractivity contribution is 0.197. The van der Waals surface area contributed by atoms with Crippen LogP contribution in [0.25, 0.3) is 22.0 Å². The van der Waals surface area contributed by atoms with Crippen molar-refractivity contribution < 1.29 is 18.3 Å². The molecule has 6 N–H and O–H groups in total. The number of hydrogen-bond donors (Lipinski definition) is 5. The SMILES string of the molecule is COCCCNc1nc(Nc2ccc(F)c(Cl)c2)ncc1-c1nc(-c2cncn2C)cs1.COCCCNc1nc(Nc2ccc(F)c(Cl)c2)ncc1C(N)=S. The minimum absolute atomic E-state index is 0.0117. The van der Waals surface area contributed by atoms with Gasteiger partial charge in [-0.15, -0.1) is 11.3 Å². The minimum Gasteiger partial charge on any atom is -0.389 e. The largest absolute Gasteiger partial charge is 0.389 e. The van der Waals surface area contributed by atoms with Crippen LogP contribution in [0.15, 0.2) is 66.7 Å². The van der Waals surface area contributed by atoms with Gasteiger partial charge in [0.15, 0.2) is 0 Å². The van der Waals surface area contributed by atoms with E-state index in [1.165, 1.54) is 47.9 Å². The third-order valence-corrected chi connectivity index (χ3v) is 9.32. The molecule has 0 unspecified atom stereocenters. The van der Waals surface area contributed by atoms with Crippen molar-refractivity contribution in [2.24, 2.45) is 12.8 Å². The van der Waals surface area contributed by atoms with Gasteiger partial charge in [-0.25, -0.2) is 28.7 Å². The number of ether oxygens (including phenoxy) is 2. The summed E-state index contributed by atoms with van der Waals surface area (Å²) in [7, 11) is 5.23. The summed E-state index contributed by atoms with van der Waals surface area (Å²) >= 11 is 18.2. The predicted octanol–water partition coefficient (Wildman–Crippen LogP) is 8.08. The summed E-state index contributed by atoms with van der Waals surface area (Å²) in [6.45, 7) is 2.57. The van der Waals surface area contributed by atoms with Crippen molar-refractivity contribution in [3.63, 3.8) is 0 Å². The summed E-state index contributed by atoms with van der Waals surface area (Å²) in [5.74, 6) is 0.845. The number of thiazole rings is 1. The Hall–Kier alpha value is -5.11. The number of benzene rings is 2. The molecule has 0 aliphatic rings. The molecule has 6 rings (SSSR count). The zero-order chi connectivity index (χ0) is 40.0. The van der Waals surface area contributed by atoms with E-state index in [-0.39, 0.29) is 15.0 Å². The Morgan fingerprint density at radius 3 is 1.95 bits per heavy atom. The molecule has 6 aromatic rings. The Morgan fingerprint density at radius 2 is 1.41 bits per heavy atom. The lowest BCUT2D eigenvalue weighted by atomic mass is 10.3. The fourth-order valence-electron chi connectivity index (χ4n) is 4.86. The van der Waals surface area contributed by atoms with Crippen LogP contribution in [-0.2, 0) is 16.5 Å². The maximum Gasteiger partial charge on any atom is 0.229 e. The van der Waals surface area contributed by atoms with Gasteiger partial charge in [0.25, 0.3) is 0 Å². The van der Waals surface area contributed by atoms with Crippen molar-refractivity contribution in [2.45, 2.75) is 12.8 Å². The first-order valence-electron chi connectivity index (χ1n) is 16.9. The second kappa shape index (κ2) is 20.7. The van der Waals surface area contributed by atoms with Gasteiger partial charge in [-0.2, -0.15) is 9.97 Å². The molecule has 2 aromatic carbocycles. The average molecular weight is 844 g/mol. The molecule has 0 spiro atoms. The molecule has 0 amide bonds. The molecule has 0 aliphatic heterocycles. The predicted molar refractivity (Wildman–Crippen MR) is 223 cm³/mol. The van der Waals surface area contributed by atoms with E-state index in [9.17, 15) is 8.78 Å².